The number of aromatic nitrogens is 3. The number of aromatic hydroxyl groups is 1. The molecule has 1 N–H and O–H groups in total. The van der Waals surface area contributed by atoms with Gasteiger partial charge in [-0.3, -0.25) is 9.55 Å². The third-order valence-corrected chi connectivity index (χ3v) is 7.71. The zero-order chi connectivity index (χ0) is 26.6. The minimum absolute atomic E-state index is 0.182. The van der Waals surface area contributed by atoms with Crippen molar-refractivity contribution >= 4 is 43.5 Å². The summed E-state index contributed by atoms with van der Waals surface area (Å²) in [5, 5.41) is 16.1. The second kappa shape index (κ2) is 8.79. The Labute approximate surface area is 230 Å². The molecule has 0 aliphatic carbocycles. The van der Waals surface area contributed by atoms with Crippen LogP contribution >= 0.6 is 0 Å². The largest absolute Gasteiger partial charge is 0.506 e. The molecule has 2 heterocycles. The number of benzene rings is 6. The summed E-state index contributed by atoms with van der Waals surface area (Å²) in [7, 11) is 0. The van der Waals surface area contributed by atoms with Gasteiger partial charge in [0.25, 0.3) is 0 Å². The number of phenolic OH excluding ortho intramolecular Hbond substituents is 1. The van der Waals surface area contributed by atoms with Gasteiger partial charge in [0.1, 0.15) is 17.1 Å². The van der Waals surface area contributed by atoms with Crippen molar-refractivity contribution in [1.29, 1.82) is 0 Å². The zero-order valence-electron chi connectivity index (χ0n) is 21.5. The van der Waals surface area contributed by atoms with E-state index in [1.165, 1.54) is 5.39 Å². The lowest BCUT2D eigenvalue weighted by Gasteiger charge is -2.16. The van der Waals surface area contributed by atoms with Crippen molar-refractivity contribution in [2.75, 3.05) is 0 Å². The Kier molecular flexibility index (Phi) is 4.94. The number of rotatable bonds is 3. The highest BCUT2D eigenvalue weighted by molar-refractivity contribution is 6.17. The molecule has 8 aromatic rings. The predicted molar refractivity (Wildman–Crippen MR) is 164 cm³/mol. The van der Waals surface area contributed by atoms with Crippen molar-refractivity contribution in [3.05, 3.63) is 134 Å². The molecule has 40 heavy (non-hydrogen) atoms. The van der Waals surface area contributed by atoms with Crippen LogP contribution in [0.25, 0.3) is 71.7 Å². The Morgan fingerprint density at radius 3 is 2.30 bits per heavy atom. The Balaban J connectivity index is 1.48. The van der Waals surface area contributed by atoms with Crippen LogP contribution in [0.5, 0.6) is 5.75 Å². The highest BCUT2D eigenvalue weighted by atomic mass is 16.3. The molecule has 2 aromatic heterocycles. The van der Waals surface area contributed by atoms with Gasteiger partial charge in [0.15, 0.2) is 0 Å². The number of nitrogens with zero attached hydrogens (tertiary/aromatic N) is 3. The quantitative estimate of drug-likeness (QED) is 0.240. The molecule has 188 valence electrons. The van der Waals surface area contributed by atoms with Gasteiger partial charge in [-0.15, -0.1) is 0 Å². The van der Waals surface area contributed by atoms with Crippen molar-refractivity contribution in [3.63, 3.8) is 0 Å². The molecule has 0 saturated heterocycles. The number of phenols is 1. The molecule has 4 nitrogen and oxygen atoms in total. The summed E-state index contributed by atoms with van der Waals surface area (Å²) in [4.78, 5) is 9.61. The number of imidazole rings is 1. The van der Waals surface area contributed by atoms with Crippen molar-refractivity contribution in [3.8, 4) is 34.0 Å². The van der Waals surface area contributed by atoms with E-state index in [2.05, 4.69) is 101 Å². The number of pyridine rings is 1. The minimum atomic E-state index is 0.182. The van der Waals surface area contributed by atoms with Crippen LogP contribution in [0.2, 0.25) is 0 Å². The smallest absolute Gasteiger partial charge is 0.145 e. The molecule has 0 aliphatic heterocycles. The first kappa shape index (κ1) is 22.5. The Morgan fingerprint density at radius 2 is 1.38 bits per heavy atom. The maximum absolute atomic E-state index is 10.6. The zero-order valence-corrected chi connectivity index (χ0v) is 21.5. The fraction of sp³-hybridized carbons (Fsp3) is 0. The van der Waals surface area contributed by atoms with E-state index < -0.39 is 0 Å². The van der Waals surface area contributed by atoms with Crippen LogP contribution in [0.1, 0.15) is 0 Å². The van der Waals surface area contributed by atoms with Crippen molar-refractivity contribution < 1.29 is 5.11 Å². The van der Waals surface area contributed by atoms with Crippen LogP contribution < -0.4 is 0 Å². The SMILES string of the molecule is Oc1ccc(-c2c3ccccc3cc3ccc(-c4nc5ccccc5n4-c4ccccc4)cc23)c2cccnc12. The van der Waals surface area contributed by atoms with E-state index in [1.807, 2.05) is 30.3 Å². The first-order chi connectivity index (χ1) is 19.8. The van der Waals surface area contributed by atoms with Gasteiger partial charge in [-0.25, -0.2) is 4.98 Å². The third-order valence-electron chi connectivity index (χ3n) is 7.71. The summed E-state index contributed by atoms with van der Waals surface area (Å²) < 4.78 is 2.23. The van der Waals surface area contributed by atoms with E-state index in [0.29, 0.717) is 5.52 Å². The first-order valence-electron chi connectivity index (χ1n) is 13.3. The fourth-order valence-electron chi connectivity index (χ4n) is 5.92. The summed E-state index contributed by atoms with van der Waals surface area (Å²) in [6.07, 6.45) is 1.72. The topological polar surface area (TPSA) is 50.9 Å². The highest BCUT2D eigenvalue weighted by Gasteiger charge is 2.18. The molecule has 6 aromatic carbocycles. The van der Waals surface area contributed by atoms with Gasteiger partial charge < -0.3 is 5.11 Å². The van der Waals surface area contributed by atoms with Crippen LogP contribution in [0.3, 0.4) is 0 Å². The van der Waals surface area contributed by atoms with Gasteiger partial charge >= 0.3 is 0 Å². The standard InChI is InChI=1S/C36H23N3O/c40-33-19-18-28(29-13-8-20-37-35(29)33)34-27-12-5-4-9-23(27)21-24-16-17-25(22-30(24)34)36-38-31-14-6-7-15-32(31)39(36)26-10-2-1-3-11-26/h1-22,40H. The molecule has 0 aliphatic rings. The van der Waals surface area contributed by atoms with E-state index >= 15 is 0 Å². The van der Waals surface area contributed by atoms with Gasteiger partial charge in [0, 0.05) is 22.8 Å². The fourth-order valence-corrected chi connectivity index (χ4v) is 5.92. The maximum Gasteiger partial charge on any atom is 0.145 e. The molecule has 4 heteroatoms. The van der Waals surface area contributed by atoms with Gasteiger partial charge in [-0.1, -0.05) is 72.8 Å². The summed E-state index contributed by atoms with van der Waals surface area (Å²) in [6.45, 7) is 0. The Hall–Kier alpha value is -5.48. The van der Waals surface area contributed by atoms with Gasteiger partial charge in [-0.05, 0) is 87.3 Å². The van der Waals surface area contributed by atoms with Crippen LogP contribution in [0.4, 0.5) is 0 Å². The van der Waals surface area contributed by atoms with E-state index in [9.17, 15) is 5.11 Å². The molecule has 0 amide bonds. The number of hydrogen-bond donors (Lipinski definition) is 1. The van der Waals surface area contributed by atoms with E-state index in [0.717, 1.165) is 60.8 Å². The molecule has 0 bridgehead atoms. The first-order valence-corrected chi connectivity index (χ1v) is 13.3. The average Bonchev–Trinajstić information content (AvgIpc) is 3.40. The second-order valence-corrected chi connectivity index (χ2v) is 10.0. The maximum atomic E-state index is 10.6. The van der Waals surface area contributed by atoms with Crippen molar-refractivity contribution in [2.24, 2.45) is 0 Å². The van der Waals surface area contributed by atoms with E-state index in [4.69, 9.17) is 4.98 Å². The Morgan fingerprint density at radius 1 is 0.600 bits per heavy atom. The van der Waals surface area contributed by atoms with Crippen LogP contribution in [0, 0.1) is 0 Å². The third kappa shape index (κ3) is 3.40. The van der Waals surface area contributed by atoms with Gasteiger partial charge in [-0.2, -0.15) is 0 Å². The second-order valence-electron chi connectivity index (χ2n) is 10.0. The highest BCUT2D eigenvalue weighted by Crippen LogP contribution is 2.42. The number of hydrogen-bond acceptors (Lipinski definition) is 3. The predicted octanol–water partition coefficient (Wildman–Crippen LogP) is 8.92. The minimum Gasteiger partial charge on any atom is -0.506 e. The molecule has 0 fully saturated rings. The molecule has 0 radical (unpaired) electrons. The van der Waals surface area contributed by atoms with Crippen LogP contribution in [-0.2, 0) is 0 Å². The molecule has 0 atom stereocenters. The summed E-state index contributed by atoms with van der Waals surface area (Å²) >= 11 is 0. The molecular formula is C36H23N3O. The lowest BCUT2D eigenvalue weighted by atomic mass is 9.89. The monoisotopic (exact) mass is 513 g/mol. The summed E-state index contributed by atoms with van der Waals surface area (Å²) in [6, 6.07) is 43.7. The number of fused-ring (bicyclic) bond motifs is 4. The summed E-state index contributed by atoms with van der Waals surface area (Å²) in [5.74, 6) is 1.08. The van der Waals surface area contributed by atoms with Crippen molar-refractivity contribution in [1.82, 2.24) is 14.5 Å². The van der Waals surface area contributed by atoms with Crippen LogP contribution in [-0.4, -0.2) is 19.6 Å². The average molecular weight is 514 g/mol. The van der Waals surface area contributed by atoms with E-state index in [1.54, 1.807) is 12.3 Å². The normalized spacial score (nSPS) is 11.6. The molecular weight excluding hydrogens is 490 g/mol. The molecule has 0 saturated carbocycles. The lowest BCUT2D eigenvalue weighted by molar-refractivity contribution is 0.480. The summed E-state index contributed by atoms with van der Waals surface area (Å²) in [5.41, 5.74) is 6.88. The van der Waals surface area contributed by atoms with Gasteiger partial charge in [0.05, 0.1) is 11.0 Å². The molecule has 8 rings (SSSR count). The lowest BCUT2D eigenvalue weighted by Crippen LogP contribution is -1.97. The number of para-hydroxylation sites is 3. The van der Waals surface area contributed by atoms with Crippen LogP contribution in [0.15, 0.2) is 134 Å². The van der Waals surface area contributed by atoms with Crippen molar-refractivity contribution in [2.45, 2.75) is 0 Å². The van der Waals surface area contributed by atoms with E-state index in [-0.39, 0.29) is 5.75 Å². The van der Waals surface area contributed by atoms with Gasteiger partial charge in [0.2, 0.25) is 0 Å². The molecule has 0 spiro atoms. The Bertz CT molecular complexity index is 2230. The molecule has 0 unspecified atom stereocenters.